The minimum absolute atomic E-state index is 0.00188. The second-order valence-electron chi connectivity index (χ2n) is 7.71. The van der Waals surface area contributed by atoms with Gasteiger partial charge in [-0.1, -0.05) is 13.8 Å². The molecule has 1 aliphatic rings. The number of hydrogen-bond acceptors (Lipinski definition) is 6. The molecule has 0 spiro atoms. The van der Waals surface area contributed by atoms with E-state index in [9.17, 15) is 5.11 Å². The Balaban J connectivity index is 2.60. The van der Waals surface area contributed by atoms with Crippen molar-refractivity contribution in [1.29, 1.82) is 0 Å². The van der Waals surface area contributed by atoms with E-state index in [0.717, 1.165) is 38.5 Å². The topological polar surface area (TPSA) is 66.4 Å². The van der Waals surface area contributed by atoms with Gasteiger partial charge in [0, 0.05) is 11.1 Å². The summed E-state index contributed by atoms with van der Waals surface area (Å²) in [5, 5.41) is 11.4. The Morgan fingerprint density at radius 2 is 1.00 bits per heavy atom. The molecule has 3 rings (SSSR count). The van der Waals surface area contributed by atoms with Crippen molar-refractivity contribution in [3.8, 4) is 45.6 Å². The number of phenolic OH excluding ortho intramolecular Hbond substituents is 1. The summed E-state index contributed by atoms with van der Waals surface area (Å²) in [6.07, 6.45) is 1.50. The van der Waals surface area contributed by atoms with Gasteiger partial charge in [-0.2, -0.15) is 0 Å². The van der Waals surface area contributed by atoms with E-state index in [1.54, 1.807) is 28.4 Å². The van der Waals surface area contributed by atoms with E-state index in [2.05, 4.69) is 45.7 Å². The van der Waals surface area contributed by atoms with Crippen LogP contribution in [0.25, 0.3) is 11.1 Å². The molecule has 1 aliphatic carbocycles. The Morgan fingerprint density at radius 1 is 0.613 bits per heavy atom. The van der Waals surface area contributed by atoms with Gasteiger partial charge >= 0.3 is 0 Å². The smallest absolute Gasteiger partial charge is 0.205 e. The lowest BCUT2D eigenvalue weighted by Crippen LogP contribution is -2.19. The Bertz CT molecular complexity index is 1010. The summed E-state index contributed by atoms with van der Waals surface area (Å²) in [6.45, 7) is 4.44. The van der Waals surface area contributed by atoms with E-state index in [0.29, 0.717) is 40.4 Å². The molecule has 0 unspecified atom stereocenters. The van der Waals surface area contributed by atoms with Crippen LogP contribution in [-0.2, 0) is 12.8 Å². The molecule has 2 aromatic rings. The van der Waals surface area contributed by atoms with E-state index >= 15 is 0 Å². The van der Waals surface area contributed by atoms with E-state index in [4.69, 9.17) is 23.7 Å². The third-order valence-corrected chi connectivity index (χ3v) is 7.80. The highest BCUT2D eigenvalue weighted by Crippen LogP contribution is 2.59. The predicted octanol–water partition coefficient (Wildman–Crippen LogP) is 6.00. The van der Waals surface area contributed by atoms with Crippen LogP contribution >= 0.6 is 31.9 Å². The van der Waals surface area contributed by atoms with Crippen LogP contribution in [0, 0.1) is 11.8 Å². The molecule has 0 heterocycles. The van der Waals surface area contributed by atoms with Gasteiger partial charge in [0.25, 0.3) is 0 Å². The number of rotatable bonds is 5. The summed E-state index contributed by atoms with van der Waals surface area (Å²) in [6, 6.07) is 0. The van der Waals surface area contributed by atoms with E-state index in [1.807, 2.05) is 0 Å². The highest BCUT2D eigenvalue weighted by Gasteiger charge is 2.36. The van der Waals surface area contributed by atoms with Crippen LogP contribution in [0.1, 0.15) is 25.0 Å². The summed E-state index contributed by atoms with van der Waals surface area (Å²) in [7, 11) is 7.81. The zero-order chi connectivity index (χ0) is 23.0. The molecule has 6 nitrogen and oxygen atoms in total. The van der Waals surface area contributed by atoms with Crippen LogP contribution in [0.4, 0.5) is 0 Å². The first kappa shape index (κ1) is 23.9. The van der Waals surface area contributed by atoms with Crippen molar-refractivity contribution in [2.24, 2.45) is 11.8 Å². The first-order chi connectivity index (χ1) is 14.8. The number of ether oxygens (including phenoxy) is 5. The molecule has 0 aliphatic heterocycles. The fourth-order valence-corrected chi connectivity index (χ4v) is 5.71. The van der Waals surface area contributed by atoms with Gasteiger partial charge in [-0.05, 0) is 67.7 Å². The summed E-state index contributed by atoms with van der Waals surface area (Å²) in [5.41, 5.74) is 3.29. The monoisotopic (exact) mass is 558 g/mol. The maximum atomic E-state index is 11.4. The molecule has 0 bridgehead atoms. The van der Waals surface area contributed by atoms with Gasteiger partial charge in [-0.15, -0.1) is 0 Å². The Morgan fingerprint density at radius 3 is 1.42 bits per heavy atom. The Hall–Kier alpha value is -1.80. The van der Waals surface area contributed by atoms with Gasteiger partial charge in [0.05, 0.1) is 44.5 Å². The SMILES string of the molecule is COc1c(O)c2c(c(Br)c1OC)C[C@H](C)[C@H](C)Cc1c(Br)c(OC)c(OC)c(OC)c1-2. The van der Waals surface area contributed by atoms with E-state index in [1.165, 1.54) is 7.11 Å². The molecule has 0 saturated heterocycles. The molecule has 0 fully saturated rings. The molecule has 0 aromatic heterocycles. The number of halogens is 2. The lowest BCUT2D eigenvalue weighted by atomic mass is 9.77. The number of fused-ring (bicyclic) bond motifs is 3. The lowest BCUT2D eigenvalue weighted by molar-refractivity contribution is 0.319. The molecule has 0 radical (unpaired) electrons. The van der Waals surface area contributed by atoms with Gasteiger partial charge in [0.15, 0.2) is 23.0 Å². The predicted molar refractivity (Wildman–Crippen MR) is 127 cm³/mol. The molecule has 0 amide bonds. The number of benzene rings is 2. The molecule has 2 aromatic carbocycles. The molecule has 8 heteroatoms. The third-order valence-electron chi connectivity index (χ3n) is 6.12. The first-order valence-electron chi connectivity index (χ1n) is 9.93. The molecule has 0 saturated carbocycles. The van der Waals surface area contributed by atoms with Crippen LogP contribution in [-0.4, -0.2) is 40.7 Å². The summed E-state index contributed by atoms with van der Waals surface area (Å²) in [5.74, 6) is 2.91. The van der Waals surface area contributed by atoms with Crippen molar-refractivity contribution in [1.82, 2.24) is 0 Å². The number of phenols is 1. The second-order valence-corrected chi connectivity index (χ2v) is 9.30. The van der Waals surface area contributed by atoms with Crippen molar-refractivity contribution in [3.63, 3.8) is 0 Å². The maximum Gasteiger partial charge on any atom is 0.205 e. The highest BCUT2D eigenvalue weighted by molar-refractivity contribution is 9.11. The molecular formula is C23H28Br2O6. The quantitative estimate of drug-likeness (QED) is 0.485. The normalized spacial score (nSPS) is 17.7. The second kappa shape index (κ2) is 9.36. The van der Waals surface area contributed by atoms with Crippen LogP contribution in [0.2, 0.25) is 0 Å². The van der Waals surface area contributed by atoms with Crippen molar-refractivity contribution in [3.05, 3.63) is 20.1 Å². The fraction of sp³-hybridized carbons (Fsp3) is 0.478. The Labute approximate surface area is 200 Å². The largest absolute Gasteiger partial charge is 0.504 e. The summed E-state index contributed by atoms with van der Waals surface area (Å²) >= 11 is 7.46. The third kappa shape index (κ3) is 3.71. The van der Waals surface area contributed by atoms with Crippen molar-refractivity contribution < 1.29 is 28.8 Å². The standard InChI is InChI=1S/C23H28Br2O6/c1-10-8-12-14(18(26)22(30-6)20(28-4)16(12)24)15-13(9-11(10)2)17(25)21(29-5)23(31-7)19(15)27-3/h10-11,26H,8-9H2,1-7H3/t10-,11+/m0/s1. The van der Waals surface area contributed by atoms with Gasteiger partial charge in [-0.25, -0.2) is 0 Å². The molecular weight excluding hydrogens is 532 g/mol. The average molecular weight is 560 g/mol. The van der Waals surface area contributed by atoms with E-state index in [-0.39, 0.29) is 11.5 Å². The van der Waals surface area contributed by atoms with Crippen LogP contribution < -0.4 is 23.7 Å². The van der Waals surface area contributed by atoms with Crippen molar-refractivity contribution in [2.75, 3.05) is 35.5 Å². The zero-order valence-corrected chi connectivity index (χ0v) is 22.0. The molecule has 1 N–H and O–H groups in total. The minimum atomic E-state index is -0.00188. The van der Waals surface area contributed by atoms with Crippen LogP contribution in [0.5, 0.6) is 34.5 Å². The maximum absolute atomic E-state index is 11.4. The van der Waals surface area contributed by atoms with Gasteiger partial charge in [0.2, 0.25) is 11.5 Å². The number of methoxy groups -OCH3 is 5. The summed E-state index contributed by atoms with van der Waals surface area (Å²) < 4.78 is 29.8. The minimum Gasteiger partial charge on any atom is -0.504 e. The summed E-state index contributed by atoms with van der Waals surface area (Å²) in [4.78, 5) is 0. The number of aromatic hydroxyl groups is 1. The first-order valence-corrected chi connectivity index (χ1v) is 11.5. The number of hydrogen-bond donors (Lipinski definition) is 1. The Kier molecular flexibility index (Phi) is 7.21. The van der Waals surface area contributed by atoms with Crippen LogP contribution in [0.15, 0.2) is 8.95 Å². The molecule has 31 heavy (non-hydrogen) atoms. The fourth-order valence-electron chi connectivity index (χ4n) is 4.31. The highest BCUT2D eigenvalue weighted by atomic mass is 79.9. The van der Waals surface area contributed by atoms with Gasteiger partial charge in [-0.3, -0.25) is 0 Å². The lowest BCUT2D eigenvalue weighted by Gasteiger charge is -2.31. The zero-order valence-electron chi connectivity index (χ0n) is 18.8. The molecule has 170 valence electrons. The van der Waals surface area contributed by atoms with Gasteiger partial charge < -0.3 is 28.8 Å². The van der Waals surface area contributed by atoms with Crippen LogP contribution in [0.3, 0.4) is 0 Å². The average Bonchev–Trinajstić information content (AvgIpc) is 2.75. The molecule has 2 atom stereocenters. The van der Waals surface area contributed by atoms with Crippen molar-refractivity contribution in [2.45, 2.75) is 26.7 Å². The van der Waals surface area contributed by atoms with Crippen molar-refractivity contribution >= 4 is 31.9 Å². The van der Waals surface area contributed by atoms with Gasteiger partial charge in [0.1, 0.15) is 0 Å². The van der Waals surface area contributed by atoms with E-state index < -0.39 is 0 Å².